The summed E-state index contributed by atoms with van der Waals surface area (Å²) in [5.74, 6) is 0.185. The Morgan fingerprint density at radius 2 is 2.00 bits per heavy atom. The standard InChI is InChI=1S/C8H8F3N3/c9-8(10,11)5-3-13-7(12)6(14-5)4-1-2-4/h3-4H,1-2H2,(H2,12,13). The van der Waals surface area contributed by atoms with E-state index in [9.17, 15) is 13.2 Å². The number of aromatic nitrogens is 2. The Morgan fingerprint density at radius 3 is 2.50 bits per heavy atom. The van der Waals surface area contributed by atoms with Crippen LogP contribution in [0.15, 0.2) is 6.20 Å². The molecular formula is C8H8F3N3. The van der Waals surface area contributed by atoms with Crippen LogP contribution in [0.1, 0.15) is 30.1 Å². The molecule has 1 aromatic rings. The molecule has 6 heteroatoms. The van der Waals surface area contributed by atoms with Crippen LogP contribution in [-0.4, -0.2) is 9.97 Å². The molecule has 1 aliphatic carbocycles. The fraction of sp³-hybridized carbons (Fsp3) is 0.500. The second-order valence-corrected chi connectivity index (χ2v) is 3.30. The maximum Gasteiger partial charge on any atom is 0.434 e. The van der Waals surface area contributed by atoms with Crippen molar-refractivity contribution in [2.75, 3.05) is 5.73 Å². The van der Waals surface area contributed by atoms with Crippen LogP contribution in [0, 0.1) is 0 Å². The van der Waals surface area contributed by atoms with E-state index in [2.05, 4.69) is 9.97 Å². The minimum Gasteiger partial charge on any atom is -0.382 e. The molecule has 1 fully saturated rings. The van der Waals surface area contributed by atoms with Gasteiger partial charge in [0.2, 0.25) is 0 Å². The summed E-state index contributed by atoms with van der Waals surface area (Å²) < 4.78 is 36.7. The van der Waals surface area contributed by atoms with Crippen molar-refractivity contribution in [1.29, 1.82) is 0 Å². The lowest BCUT2D eigenvalue weighted by Gasteiger charge is -2.08. The van der Waals surface area contributed by atoms with Gasteiger partial charge in [-0.05, 0) is 12.8 Å². The Balaban J connectivity index is 2.40. The number of nitrogens with two attached hydrogens (primary N) is 1. The number of nitrogen functional groups attached to an aromatic ring is 1. The molecule has 2 N–H and O–H groups in total. The first-order valence-corrected chi connectivity index (χ1v) is 4.18. The molecule has 0 radical (unpaired) electrons. The first-order chi connectivity index (χ1) is 6.48. The number of alkyl halides is 3. The van der Waals surface area contributed by atoms with Crippen molar-refractivity contribution in [3.8, 4) is 0 Å². The van der Waals surface area contributed by atoms with Crippen molar-refractivity contribution >= 4 is 5.82 Å². The smallest absolute Gasteiger partial charge is 0.382 e. The zero-order valence-corrected chi connectivity index (χ0v) is 7.17. The second kappa shape index (κ2) is 2.83. The molecule has 0 spiro atoms. The molecule has 2 rings (SSSR count). The fourth-order valence-electron chi connectivity index (χ4n) is 1.21. The molecule has 1 heterocycles. The van der Waals surface area contributed by atoms with Gasteiger partial charge in [0, 0.05) is 5.92 Å². The number of nitrogens with zero attached hydrogens (tertiary/aromatic N) is 2. The summed E-state index contributed by atoms with van der Waals surface area (Å²) in [6, 6.07) is 0. The van der Waals surface area contributed by atoms with Crippen LogP contribution in [0.4, 0.5) is 19.0 Å². The molecule has 0 unspecified atom stereocenters. The van der Waals surface area contributed by atoms with E-state index in [0.29, 0.717) is 11.9 Å². The third-order valence-electron chi connectivity index (χ3n) is 2.08. The molecule has 0 amide bonds. The Morgan fingerprint density at radius 1 is 1.36 bits per heavy atom. The van der Waals surface area contributed by atoms with Gasteiger partial charge in [-0.25, -0.2) is 9.97 Å². The number of hydrogen-bond acceptors (Lipinski definition) is 3. The van der Waals surface area contributed by atoms with Gasteiger partial charge >= 0.3 is 6.18 Å². The van der Waals surface area contributed by atoms with Gasteiger partial charge < -0.3 is 5.73 Å². The lowest BCUT2D eigenvalue weighted by Crippen LogP contribution is -2.12. The van der Waals surface area contributed by atoms with Gasteiger partial charge in [0.1, 0.15) is 5.82 Å². The highest BCUT2D eigenvalue weighted by atomic mass is 19.4. The van der Waals surface area contributed by atoms with Gasteiger partial charge in [0.05, 0.1) is 11.9 Å². The summed E-state index contributed by atoms with van der Waals surface area (Å²) in [7, 11) is 0. The van der Waals surface area contributed by atoms with Crippen LogP contribution in [0.3, 0.4) is 0 Å². The van der Waals surface area contributed by atoms with Crippen molar-refractivity contribution < 1.29 is 13.2 Å². The van der Waals surface area contributed by atoms with Crippen LogP contribution < -0.4 is 5.73 Å². The lowest BCUT2D eigenvalue weighted by molar-refractivity contribution is -0.141. The van der Waals surface area contributed by atoms with E-state index >= 15 is 0 Å². The fourth-order valence-corrected chi connectivity index (χ4v) is 1.21. The van der Waals surface area contributed by atoms with Gasteiger partial charge in [-0.2, -0.15) is 13.2 Å². The second-order valence-electron chi connectivity index (χ2n) is 3.30. The number of rotatable bonds is 1. The van der Waals surface area contributed by atoms with Gasteiger partial charge in [0.25, 0.3) is 0 Å². The van der Waals surface area contributed by atoms with E-state index in [4.69, 9.17) is 5.73 Å². The van der Waals surface area contributed by atoms with Crippen LogP contribution >= 0.6 is 0 Å². The van der Waals surface area contributed by atoms with Crippen molar-refractivity contribution in [2.24, 2.45) is 0 Å². The average Bonchev–Trinajstić information content (AvgIpc) is 2.85. The Labute approximate surface area is 78.2 Å². The zero-order valence-electron chi connectivity index (χ0n) is 7.17. The molecule has 0 bridgehead atoms. The SMILES string of the molecule is Nc1ncc(C(F)(F)F)nc1C1CC1. The first-order valence-electron chi connectivity index (χ1n) is 4.18. The normalized spacial score (nSPS) is 17.1. The highest BCUT2D eigenvalue weighted by Gasteiger charge is 2.36. The minimum absolute atomic E-state index is 0.0739. The number of anilines is 1. The number of halogens is 3. The molecule has 0 aliphatic heterocycles. The highest BCUT2D eigenvalue weighted by Crippen LogP contribution is 2.41. The lowest BCUT2D eigenvalue weighted by atomic mass is 10.2. The quantitative estimate of drug-likeness (QED) is 0.758. The van der Waals surface area contributed by atoms with Crippen LogP contribution in [0.5, 0.6) is 0 Å². The van der Waals surface area contributed by atoms with E-state index in [1.807, 2.05) is 0 Å². The maximum atomic E-state index is 12.2. The minimum atomic E-state index is -4.44. The van der Waals surface area contributed by atoms with Crippen LogP contribution in [0.25, 0.3) is 0 Å². The van der Waals surface area contributed by atoms with Crippen molar-refractivity contribution in [3.05, 3.63) is 17.6 Å². The van der Waals surface area contributed by atoms with Crippen molar-refractivity contribution in [1.82, 2.24) is 9.97 Å². The van der Waals surface area contributed by atoms with Gasteiger partial charge in [0.15, 0.2) is 5.69 Å². The van der Waals surface area contributed by atoms with Crippen LogP contribution in [0.2, 0.25) is 0 Å². The molecule has 1 saturated carbocycles. The summed E-state index contributed by atoms with van der Waals surface area (Å²) in [6.07, 6.45) is -2.08. The zero-order chi connectivity index (χ0) is 10.3. The van der Waals surface area contributed by atoms with E-state index in [1.165, 1.54) is 0 Å². The molecule has 0 saturated heterocycles. The van der Waals surface area contributed by atoms with E-state index < -0.39 is 11.9 Å². The first kappa shape index (κ1) is 9.23. The van der Waals surface area contributed by atoms with Gasteiger partial charge in [-0.15, -0.1) is 0 Å². The predicted molar refractivity (Wildman–Crippen MR) is 43.4 cm³/mol. The van der Waals surface area contributed by atoms with E-state index in [-0.39, 0.29) is 11.7 Å². The summed E-state index contributed by atoms with van der Waals surface area (Å²) in [5.41, 5.74) is 4.76. The third kappa shape index (κ3) is 1.64. The summed E-state index contributed by atoms with van der Waals surface area (Å²) in [4.78, 5) is 7.00. The molecule has 14 heavy (non-hydrogen) atoms. The maximum absolute atomic E-state index is 12.2. The molecule has 76 valence electrons. The van der Waals surface area contributed by atoms with Crippen molar-refractivity contribution in [3.63, 3.8) is 0 Å². The Kier molecular flexibility index (Phi) is 1.87. The third-order valence-corrected chi connectivity index (χ3v) is 2.08. The van der Waals surface area contributed by atoms with E-state index in [0.717, 1.165) is 12.8 Å². The molecule has 1 aromatic heterocycles. The van der Waals surface area contributed by atoms with Gasteiger partial charge in [-0.3, -0.25) is 0 Å². The average molecular weight is 203 g/mol. The molecule has 0 atom stereocenters. The van der Waals surface area contributed by atoms with Crippen molar-refractivity contribution in [2.45, 2.75) is 24.9 Å². The van der Waals surface area contributed by atoms with E-state index in [1.54, 1.807) is 0 Å². The Bertz CT molecular complexity index is 357. The van der Waals surface area contributed by atoms with Crippen LogP contribution in [-0.2, 0) is 6.18 Å². The predicted octanol–water partition coefficient (Wildman–Crippen LogP) is 1.96. The van der Waals surface area contributed by atoms with Gasteiger partial charge in [-0.1, -0.05) is 0 Å². The molecule has 0 aromatic carbocycles. The molecule has 3 nitrogen and oxygen atoms in total. The largest absolute Gasteiger partial charge is 0.434 e. The number of hydrogen-bond donors (Lipinski definition) is 1. The molecule has 1 aliphatic rings. The Hall–Kier alpha value is -1.33. The monoisotopic (exact) mass is 203 g/mol. The highest BCUT2D eigenvalue weighted by molar-refractivity contribution is 5.39. The summed E-state index contributed by atoms with van der Waals surface area (Å²) in [6.45, 7) is 0. The summed E-state index contributed by atoms with van der Waals surface area (Å²) in [5, 5.41) is 0. The molecular weight excluding hydrogens is 195 g/mol. The summed E-state index contributed by atoms with van der Waals surface area (Å²) >= 11 is 0. The topological polar surface area (TPSA) is 51.8 Å².